The van der Waals surface area contributed by atoms with Crippen LogP contribution in [-0.4, -0.2) is 24.6 Å². The van der Waals surface area contributed by atoms with Gasteiger partial charge in [-0.2, -0.15) is 5.10 Å². The van der Waals surface area contributed by atoms with Crippen molar-refractivity contribution in [1.29, 1.82) is 0 Å². The van der Waals surface area contributed by atoms with Crippen LogP contribution in [0.3, 0.4) is 0 Å². The minimum atomic E-state index is 0.548. The fourth-order valence-corrected chi connectivity index (χ4v) is 2.64. The molecule has 0 aliphatic rings. The molecule has 0 saturated carbocycles. The van der Waals surface area contributed by atoms with Gasteiger partial charge < -0.3 is 5.32 Å². The summed E-state index contributed by atoms with van der Waals surface area (Å²) in [5.74, 6) is 0.548. The van der Waals surface area contributed by atoms with Gasteiger partial charge in [0.2, 0.25) is 5.95 Å². The molecule has 0 amide bonds. The van der Waals surface area contributed by atoms with Gasteiger partial charge in [-0.15, -0.1) is 0 Å². The number of fused-ring (bicyclic) bond motifs is 1. The highest BCUT2D eigenvalue weighted by Crippen LogP contribution is 2.24. The van der Waals surface area contributed by atoms with Crippen LogP contribution in [0.2, 0.25) is 0 Å². The summed E-state index contributed by atoms with van der Waals surface area (Å²) in [6.45, 7) is 2.08. The smallest absolute Gasteiger partial charge is 0.227 e. The predicted molar refractivity (Wildman–Crippen MR) is 93.1 cm³/mol. The van der Waals surface area contributed by atoms with E-state index in [0.29, 0.717) is 5.95 Å². The molecule has 3 heterocycles. The number of anilines is 2. The van der Waals surface area contributed by atoms with E-state index in [1.165, 1.54) is 0 Å². The van der Waals surface area contributed by atoms with Gasteiger partial charge in [-0.1, -0.05) is 25.1 Å². The Kier molecular flexibility index (Phi) is 3.63. The Morgan fingerprint density at radius 2 is 1.83 bits per heavy atom. The Hall–Kier alpha value is -3.28. The first-order chi connectivity index (χ1) is 11.8. The van der Waals surface area contributed by atoms with Crippen LogP contribution in [-0.2, 0) is 6.42 Å². The Balaban J connectivity index is 1.79. The molecule has 0 unspecified atom stereocenters. The topological polar surface area (TPSA) is 68.0 Å². The van der Waals surface area contributed by atoms with Crippen LogP contribution in [0.15, 0.2) is 60.9 Å². The predicted octanol–water partition coefficient (Wildman–Crippen LogP) is 3.49. The summed E-state index contributed by atoms with van der Waals surface area (Å²) in [5.41, 5.74) is 4.44. The number of para-hydroxylation sites is 1. The number of aromatic nitrogens is 5. The molecule has 0 bridgehead atoms. The van der Waals surface area contributed by atoms with Gasteiger partial charge in [-0.25, -0.2) is 19.5 Å². The van der Waals surface area contributed by atoms with Gasteiger partial charge >= 0.3 is 0 Å². The van der Waals surface area contributed by atoms with Crippen LogP contribution >= 0.6 is 0 Å². The third-order valence-electron chi connectivity index (χ3n) is 3.73. The minimum Gasteiger partial charge on any atom is -0.324 e. The molecule has 0 radical (unpaired) electrons. The van der Waals surface area contributed by atoms with Crippen LogP contribution in [0.5, 0.6) is 0 Å². The van der Waals surface area contributed by atoms with Crippen LogP contribution < -0.4 is 5.32 Å². The maximum Gasteiger partial charge on any atom is 0.227 e. The molecule has 4 rings (SSSR count). The highest BCUT2D eigenvalue weighted by Gasteiger charge is 2.15. The molecule has 0 aliphatic carbocycles. The summed E-state index contributed by atoms with van der Waals surface area (Å²) in [6, 6.07) is 15.6. The second-order valence-corrected chi connectivity index (χ2v) is 5.31. The normalized spacial score (nSPS) is 10.9. The molecule has 118 valence electrons. The lowest BCUT2D eigenvalue weighted by Crippen LogP contribution is -2.01. The Morgan fingerprint density at radius 1 is 0.958 bits per heavy atom. The third-order valence-corrected chi connectivity index (χ3v) is 3.73. The molecular weight excluding hydrogens is 300 g/mol. The lowest BCUT2D eigenvalue weighted by molar-refractivity contribution is 0.932. The summed E-state index contributed by atoms with van der Waals surface area (Å²) in [4.78, 5) is 13.6. The van der Waals surface area contributed by atoms with Crippen molar-refractivity contribution in [3.05, 3.63) is 66.6 Å². The number of benzene rings is 1. The summed E-state index contributed by atoms with van der Waals surface area (Å²) >= 11 is 0. The monoisotopic (exact) mass is 316 g/mol. The second-order valence-electron chi connectivity index (χ2n) is 5.31. The van der Waals surface area contributed by atoms with E-state index in [0.717, 1.165) is 34.8 Å². The van der Waals surface area contributed by atoms with Gasteiger partial charge in [0.25, 0.3) is 0 Å². The molecule has 1 N–H and O–H groups in total. The number of rotatable bonds is 4. The third kappa shape index (κ3) is 2.58. The SMILES string of the molecule is CCc1nc2cccnn2c1-c1ccnc(Nc2ccccc2)n1. The summed E-state index contributed by atoms with van der Waals surface area (Å²) < 4.78 is 1.83. The van der Waals surface area contributed by atoms with Crippen LogP contribution in [0.4, 0.5) is 11.6 Å². The molecule has 0 saturated heterocycles. The van der Waals surface area contributed by atoms with Crippen molar-refractivity contribution < 1.29 is 0 Å². The summed E-state index contributed by atoms with van der Waals surface area (Å²) in [6.07, 6.45) is 4.31. The fraction of sp³-hybridized carbons (Fsp3) is 0.111. The van der Waals surface area contributed by atoms with E-state index >= 15 is 0 Å². The molecule has 6 nitrogen and oxygen atoms in total. The average Bonchev–Trinajstić information content (AvgIpc) is 3.01. The van der Waals surface area contributed by atoms with Crippen LogP contribution in [0.25, 0.3) is 17.0 Å². The van der Waals surface area contributed by atoms with Gasteiger partial charge in [0, 0.05) is 18.1 Å². The number of nitrogens with one attached hydrogen (secondary N) is 1. The zero-order valence-electron chi connectivity index (χ0n) is 13.2. The van der Waals surface area contributed by atoms with Crippen molar-refractivity contribution in [3.63, 3.8) is 0 Å². The van der Waals surface area contributed by atoms with E-state index in [9.17, 15) is 0 Å². The Bertz CT molecular complexity index is 977. The number of imidazole rings is 1. The number of hydrogen-bond acceptors (Lipinski definition) is 5. The van der Waals surface area contributed by atoms with Crippen molar-refractivity contribution in [3.8, 4) is 11.4 Å². The van der Waals surface area contributed by atoms with Crippen molar-refractivity contribution in [2.24, 2.45) is 0 Å². The zero-order valence-corrected chi connectivity index (χ0v) is 13.2. The lowest BCUT2D eigenvalue weighted by Gasteiger charge is -2.07. The van der Waals surface area contributed by atoms with Crippen molar-refractivity contribution in [2.45, 2.75) is 13.3 Å². The summed E-state index contributed by atoms with van der Waals surface area (Å²) in [5, 5.41) is 7.63. The first-order valence-electron chi connectivity index (χ1n) is 7.83. The van der Waals surface area contributed by atoms with Crippen LogP contribution in [0, 0.1) is 0 Å². The second kappa shape index (κ2) is 6.08. The van der Waals surface area contributed by atoms with Gasteiger partial charge in [0.05, 0.1) is 11.4 Å². The van der Waals surface area contributed by atoms with E-state index in [-0.39, 0.29) is 0 Å². The molecule has 6 heteroatoms. The van der Waals surface area contributed by atoms with Gasteiger partial charge in [-0.3, -0.25) is 0 Å². The van der Waals surface area contributed by atoms with E-state index in [1.54, 1.807) is 12.4 Å². The molecular formula is C18H16N6. The molecule has 3 aromatic heterocycles. The maximum atomic E-state index is 4.65. The number of hydrogen-bond donors (Lipinski definition) is 1. The minimum absolute atomic E-state index is 0.548. The van der Waals surface area contributed by atoms with Crippen molar-refractivity contribution in [2.75, 3.05) is 5.32 Å². The molecule has 0 aliphatic heterocycles. The molecule has 4 aromatic rings. The lowest BCUT2D eigenvalue weighted by atomic mass is 10.2. The standard InChI is InChI=1S/C18H16N6/c1-2-14-17(24-16(22-14)9-6-11-20-24)15-10-12-19-18(23-15)21-13-7-4-3-5-8-13/h3-12H,2H2,1H3,(H,19,21,23). The van der Waals surface area contributed by atoms with E-state index in [4.69, 9.17) is 0 Å². The molecule has 24 heavy (non-hydrogen) atoms. The maximum absolute atomic E-state index is 4.65. The van der Waals surface area contributed by atoms with Crippen molar-refractivity contribution in [1.82, 2.24) is 24.6 Å². The van der Waals surface area contributed by atoms with Crippen LogP contribution in [0.1, 0.15) is 12.6 Å². The molecule has 0 fully saturated rings. The fourth-order valence-electron chi connectivity index (χ4n) is 2.64. The van der Waals surface area contributed by atoms with Gasteiger partial charge in [-0.05, 0) is 36.8 Å². The van der Waals surface area contributed by atoms with E-state index < -0.39 is 0 Å². The van der Waals surface area contributed by atoms with Gasteiger partial charge in [0.15, 0.2) is 5.65 Å². The Labute approximate surface area is 139 Å². The zero-order chi connectivity index (χ0) is 16.4. The Morgan fingerprint density at radius 3 is 2.67 bits per heavy atom. The highest BCUT2D eigenvalue weighted by molar-refractivity contribution is 5.65. The van der Waals surface area contributed by atoms with E-state index in [1.807, 2.05) is 53.0 Å². The average molecular weight is 316 g/mol. The van der Waals surface area contributed by atoms with Gasteiger partial charge in [0.1, 0.15) is 5.69 Å². The molecule has 1 aromatic carbocycles. The quantitative estimate of drug-likeness (QED) is 0.624. The van der Waals surface area contributed by atoms with Crippen molar-refractivity contribution >= 4 is 17.3 Å². The first-order valence-corrected chi connectivity index (χ1v) is 7.83. The summed E-state index contributed by atoms with van der Waals surface area (Å²) in [7, 11) is 0. The van der Waals surface area contributed by atoms with E-state index in [2.05, 4.69) is 32.3 Å². The number of aryl methyl sites for hydroxylation is 1. The molecule has 0 spiro atoms. The molecule has 0 atom stereocenters. The highest BCUT2D eigenvalue weighted by atomic mass is 15.3. The first kappa shape index (κ1) is 14.3. The largest absolute Gasteiger partial charge is 0.324 e. The number of nitrogens with zero attached hydrogens (tertiary/aromatic N) is 5.